The van der Waals surface area contributed by atoms with Crippen LogP contribution in [0.15, 0.2) is 87.8 Å². The van der Waals surface area contributed by atoms with Crippen LogP contribution in [0.1, 0.15) is 21.5 Å². The van der Waals surface area contributed by atoms with Crippen molar-refractivity contribution in [3.63, 3.8) is 0 Å². The summed E-state index contributed by atoms with van der Waals surface area (Å²) in [6.07, 6.45) is 1.90. The Labute approximate surface area is 259 Å². The van der Waals surface area contributed by atoms with E-state index in [0.717, 1.165) is 34.6 Å². The van der Waals surface area contributed by atoms with Gasteiger partial charge in [0.25, 0.3) is 0 Å². The van der Waals surface area contributed by atoms with Gasteiger partial charge in [0, 0.05) is 17.2 Å². The molecule has 0 radical (unpaired) electrons. The SMILES string of the molecule is C=Nc1c(NCOc2ccc(C)c(C=O)c2)cc(F)c(-c2ccc(-c3ccc(C(N=CN)=NCCOCCO)cc3)cc2)c1F. The molecule has 4 aromatic carbocycles. The number of aliphatic imine (C=N–C) groups is 3. The molecule has 232 valence electrons. The minimum Gasteiger partial charge on any atom is -0.473 e. The number of anilines is 1. The number of ether oxygens (including phenoxy) is 2. The topological polar surface area (TPSA) is 131 Å². The molecule has 0 saturated carbocycles. The second-order valence-corrected chi connectivity index (χ2v) is 9.68. The third kappa shape index (κ3) is 8.22. The van der Waals surface area contributed by atoms with Gasteiger partial charge in [-0.05, 0) is 48.0 Å². The van der Waals surface area contributed by atoms with Gasteiger partial charge in [-0.2, -0.15) is 0 Å². The number of amidine groups is 1. The van der Waals surface area contributed by atoms with Crippen molar-refractivity contribution in [2.75, 3.05) is 38.4 Å². The Morgan fingerprint density at radius 3 is 2.33 bits per heavy atom. The molecule has 4 rings (SSSR count). The lowest BCUT2D eigenvalue weighted by atomic mass is 9.98. The first kappa shape index (κ1) is 32.6. The van der Waals surface area contributed by atoms with Crippen molar-refractivity contribution in [2.24, 2.45) is 20.7 Å². The van der Waals surface area contributed by atoms with Crippen LogP contribution in [-0.4, -0.2) is 63.4 Å². The molecule has 4 aromatic rings. The van der Waals surface area contributed by atoms with Crippen LogP contribution in [0.2, 0.25) is 0 Å². The number of hydrogen-bond acceptors (Lipinski definition) is 7. The highest BCUT2D eigenvalue weighted by Gasteiger charge is 2.20. The third-order valence-corrected chi connectivity index (χ3v) is 6.81. The molecule has 0 saturated heterocycles. The van der Waals surface area contributed by atoms with Crippen LogP contribution in [0.4, 0.5) is 20.2 Å². The predicted molar refractivity (Wildman–Crippen MR) is 174 cm³/mol. The Kier molecular flexibility index (Phi) is 11.6. The van der Waals surface area contributed by atoms with Crippen LogP contribution in [0, 0.1) is 18.6 Å². The second kappa shape index (κ2) is 16.0. The maximum absolute atomic E-state index is 15.6. The summed E-state index contributed by atoms with van der Waals surface area (Å²) in [5.74, 6) is -0.783. The number of nitrogens with zero attached hydrogens (tertiary/aromatic N) is 3. The number of benzene rings is 4. The number of nitrogens with two attached hydrogens (primary N) is 1. The number of aryl methyl sites for hydroxylation is 1. The van der Waals surface area contributed by atoms with Crippen molar-refractivity contribution in [1.82, 2.24) is 0 Å². The van der Waals surface area contributed by atoms with E-state index in [9.17, 15) is 4.79 Å². The second-order valence-electron chi connectivity index (χ2n) is 9.68. The van der Waals surface area contributed by atoms with Gasteiger partial charge in [-0.25, -0.2) is 13.8 Å². The molecule has 9 nitrogen and oxygen atoms in total. The quantitative estimate of drug-likeness (QED) is 0.0530. The highest BCUT2D eigenvalue weighted by Crippen LogP contribution is 2.38. The number of aldehydes is 1. The largest absolute Gasteiger partial charge is 0.473 e. The predicted octanol–water partition coefficient (Wildman–Crippen LogP) is 5.94. The Balaban J connectivity index is 1.49. The van der Waals surface area contributed by atoms with E-state index in [4.69, 9.17) is 20.3 Å². The Bertz CT molecular complexity index is 1690. The van der Waals surface area contributed by atoms with Crippen LogP contribution in [-0.2, 0) is 4.74 Å². The summed E-state index contributed by atoms with van der Waals surface area (Å²) in [7, 11) is 0. The lowest BCUT2D eigenvalue weighted by Crippen LogP contribution is -2.10. The van der Waals surface area contributed by atoms with Gasteiger partial charge >= 0.3 is 0 Å². The zero-order chi connectivity index (χ0) is 32.2. The van der Waals surface area contributed by atoms with Crippen molar-refractivity contribution in [3.8, 4) is 28.0 Å². The van der Waals surface area contributed by atoms with E-state index in [1.807, 2.05) is 24.3 Å². The van der Waals surface area contributed by atoms with Gasteiger partial charge < -0.3 is 25.6 Å². The molecule has 0 aromatic heterocycles. The molecule has 11 heteroatoms. The van der Waals surface area contributed by atoms with E-state index in [2.05, 4.69) is 27.0 Å². The fraction of sp³-hybridized carbons (Fsp3) is 0.176. The van der Waals surface area contributed by atoms with E-state index in [0.29, 0.717) is 35.9 Å². The summed E-state index contributed by atoms with van der Waals surface area (Å²) < 4.78 is 41.7. The summed E-state index contributed by atoms with van der Waals surface area (Å²) >= 11 is 0. The molecule has 4 N–H and O–H groups in total. The Morgan fingerprint density at radius 1 is 1.00 bits per heavy atom. The zero-order valence-corrected chi connectivity index (χ0v) is 24.7. The van der Waals surface area contributed by atoms with E-state index < -0.39 is 11.6 Å². The van der Waals surface area contributed by atoms with E-state index in [-0.39, 0.29) is 36.9 Å². The molecular weight excluding hydrogens is 580 g/mol. The number of nitrogens with one attached hydrogen (secondary N) is 1. The van der Waals surface area contributed by atoms with Gasteiger partial charge in [0.05, 0.1) is 44.0 Å². The van der Waals surface area contributed by atoms with Crippen LogP contribution in [0.5, 0.6) is 5.75 Å². The normalized spacial score (nSPS) is 11.5. The summed E-state index contributed by atoms with van der Waals surface area (Å²) in [6, 6.07) is 20.4. The highest BCUT2D eigenvalue weighted by atomic mass is 19.1. The Morgan fingerprint density at radius 2 is 1.69 bits per heavy atom. The number of carbonyl (C=O) groups is 1. The van der Waals surface area contributed by atoms with E-state index >= 15 is 8.78 Å². The fourth-order valence-corrected chi connectivity index (χ4v) is 4.50. The summed E-state index contributed by atoms with van der Waals surface area (Å²) in [6.45, 7) is 6.01. The summed E-state index contributed by atoms with van der Waals surface area (Å²) in [4.78, 5) is 23.5. The Hall–Kier alpha value is -5.26. The van der Waals surface area contributed by atoms with E-state index in [1.165, 1.54) is 6.34 Å². The van der Waals surface area contributed by atoms with Crippen molar-refractivity contribution in [2.45, 2.75) is 6.92 Å². The average molecular weight is 614 g/mol. The van der Waals surface area contributed by atoms with Crippen molar-refractivity contribution < 1.29 is 28.2 Å². The average Bonchev–Trinajstić information content (AvgIpc) is 3.05. The molecule has 0 atom stereocenters. The standard InChI is InChI=1S/C34H33F2N5O4/c1-22-3-12-28(17-27(22)19-43)45-21-41-30-18-29(35)31(32(36)33(30)38-2)25-8-4-23(5-9-25)24-6-10-26(11-7-24)34(40-20-37)39-13-15-44-16-14-42/h3-12,17-20,41-42H,2,13-16,21H2,1H3,(H2,37,39,40). The lowest BCUT2D eigenvalue weighted by molar-refractivity contribution is 0.0978. The monoisotopic (exact) mass is 613 g/mol. The van der Waals surface area contributed by atoms with Crippen molar-refractivity contribution in [3.05, 3.63) is 101 Å². The molecule has 0 fully saturated rings. The van der Waals surface area contributed by atoms with Crippen molar-refractivity contribution >= 4 is 36.6 Å². The molecule has 0 aliphatic carbocycles. The van der Waals surface area contributed by atoms with Crippen molar-refractivity contribution in [1.29, 1.82) is 0 Å². The van der Waals surface area contributed by atoms with Crippen LogP contribution in [0.25, 0.3) is 22.3 Å². The molecule has 0 unspecified atom stereocenters. The molecule has 0 amide bonds. The third-order valence-electron chi connectivity index (χ3n) is 6.81. The number of hydrogen-bond donors (Lipinski definition) is 3. The number of rotatable bonds is 14. The first-order chi connectivity index (χ1) is 21.9. The first-order valence-electron chi connectivity index (χ1n) is 14.0. The van der Waals surface area contributed by atoms with E-state index in [1.54, 1.807) is 49.4 Å². The minimum atomic E-state index is -0.864. The van der Waals surface area contributed by atoms with Gasteiger partial charge in [-0.1, -0.05) is 54.6 Å². The summed E-state index contributed by atoms with van der Waals surface area (Å²) in [5, 5.41) is 11.6. The van der Waals surface area contributed by atoms with Gasteiger partial charge in [0.1, 0.15) is 23.5 Å². The molecule has 45 heavy (non-hydrogen) atoms. The first-order valence-corrected chi connectivity index (χ1v) is 14.0. The number of carbonyl (C=O) groups excluding carboxylic acids is 1. The van der Waals surface area contributed by atoms with Crippen LogP contribution < -0.4 is 15.8 Å². The highest BCUT2D eigenvalue weighted by molar-refractivity contribution is 6.03. The number of halogens is 2. The zero-order valence-electron chi connectivity index (χ0n) is 24.7. The van der Waals surface area contributed by atoms with Gasteiger partial charge in [0.15, 0.2) is 18.4 Å². The summed E-state index contributed by atoms with van der Waals surface area (Å²) in [5.41, 5.74) is 9.24. The van der Waals surface area contributed by atoms with Crippen LogP contribution in [0.3, 0.4) is 0 Å². The van der Waals surface area contributed by atoms with Crippen LogP contribution >= 0.6 is 0 Å². The maximum atomic E-state index is 15.6. The van der Waals surface area contributed by atoms with Gasteiger partial charge in [0.2, 0.25) is 0 Å². The molecule has 0 bridgehead atoms. The molecule has 0 heterocycles. The molecular formula is C34H33F2N5O4. The van der Waals surface area contributed by atoms with Gasteiger partial charge in [-0.3, -0.25) is 14.8 Å². The number of aliphatic hydroxyl groups is 1. The maximum Gasteiger partial charge on any atom is 0.161 e. The number of aliphatic hydroxyl groups excluding tert-OH is 1. The molecule has 0 aliphatic rings. The lowest BCUT2D eigenvalue weighted by Gasteiger charge is -2.15. The molecule has 0 aliphatic heterocycles. The minimum absolute atomic E-state index is 0.0575. The fourth-order valence-electron chi connectivity index (χ4n) is 4.50. The smallest absolute Gasteiger partial charge is 0.161 e. The molecule has 0 spiro atoms. The van der Waals surface area contributed by atoms with Gasteiger partial charge in [-0.15, -0.1) is 0 Å².